The summed E-state index contributed by atoms with van der Waals surface area (Å²) >= 11 is 1.12. The van der Waals surface area contributed by atoms with Crippen molar-refractivity contribution in [3.63, 3.8) is 0 Å². The SMILES string of the molecule is CCc1nc(N2CCC3(CCN(Cc4ccc5c(cc(C#N)n5C[C@H](C)N5CCC(S(=O)(=O)NC)CC5)c4C)C3)C2)c2cc(CC(F)(F)F)sc2n1. The number of anilines is 1. The average molecular weight is 757 g/mol. The number of hydrogen-bond donors (Lipinski definition) is 1. The molecule has 0 amide bonds. The Kier molecular flexibility index (Phi) is 10.1. The zero-order chi connectivity index (χ0) is 37.0. The molecule has 1 aromatic carbocycles. The summed E-state index contributed by atoms with van der Waals surface area (Å²) in [6, 6.07) is 10.5. The van der Waals surface area contributed by atoms with E-state index in [9.17, 15) is 26.9 Å². The third-order valence-corrected chi connectivity index (χ3v) is 14.6. The molecule has 10 nitrogen and oxygen atoms in total. The second-order valence-electron chi connectivity index (χ2n) is 15.0. The van der Waals surface area contributed by atoms with E-state index in [0.29, 0.717) is 55.2 Å². The fourth-order valence-electron chi connectivity index (χ4n) is 8.69. The number of aryl methyl sites for hydroxylation is 2. The molecule has 0 aliphatic carbocycles. The van der Waals surface area contributed by atoms with Crippen LogP contribution in [0, 0.1) is 23.7 Å². The number of sulfonamides is 1. The van der Waals surface area contributed by atoms with Crippen LogP contribution < -0.4 is 9.62 Å². The molecular formula is C37H47F3N8O2S2. The van der Waals surface area contributed by atoms with Crippen molar-refractivity contribution in [3.8, 4) is 6.07 Å². The Morgan fingerprint density at radius 3 is 2.54 bits per heavy atom. The number of thiophene rings is 1. The van der Waals surface area contributed by atoms with Crippen LogP contribution in [0.4, 0.5) is 19.0 Å². The van der Waals surface area contributed by atoms with Crippen LogP contribution in [0.15, 0.2) is 24.3 Å². The van der Waals surface area contributed by atoms with Gasteiger partial charge < -0.3 is 9.47 Å². The Labute approximate surface area is 307 Å². The summed E-state index contributed by atoms with van der Waals surface area (Å²) in [5.41, 5.74) is 4.17. The van der Waals surface area contributed by atoms with Crippen LogP contribution in [0.1, 0.15) is 67.1 Å². The molecule has 3 aromatic heterocycles. The Hall–Kier alpha value is -3.29. The number of rotatable bonds is 10. The lowest BCUT2D eigenvalue weighted by Crippen LogP contribution is -2.46. The van der Waals surface area contributed by atoms with Gasteiger partial charge in [-0.25, -0.2) is 23.1 Å². The van der Waals surface area contributed by atoms with Gasteiger partial charge in [-0.15, -0.1) is 11.3 Å². The smallest absolute Gasteiger partial charge is 0.355 e. The third-order valence-electron chi connectivity index (χ3n) is 11.7. The second-order valence-corrected chi connectivity index (χ2v) is 18.3. The quantitative estimate of drug-likeness (QED) is 0.210. The van der Waals surface area contributed by atoms with Crippen LogP contribution in [-0.2, 0) is 36.0 Å². The van der Waals surface area contributed by atoms with Crippen molar-refractivity contribution in [1.29, 1.82) is 5.26 Å². The largest absolute Gasteiger partial charge is 0.393 e. The summed E-state index contributed by atoms with van der Waals surface area (Å²) in [4.78, 5) is 17.4. The summed E-state index contributed by atoms with van der Waals surface area (Å²) in [5.74, 6) is 1.43. The van der Waals surface area contributed by atoms with Gasteiger partial charge in [0.1, 0.15) is 28.2 Å². The maximum Gasteiger partial charge on any atom is 0.393 e. The fourth-order valence-corrected chi connectivity index (χ4v) is 10.9. The minimum Gasteiger partial charge on any atom is -0.355 e. The maximum atomic E-state index is 13.2. The normalized spacial score (nSPS) is 21.6. The van der Waals surface area contributed by atoms with Crippen molar-refractivity contribution in [2.24, 2.45) is 5.41 Å². The van der Waals surface area contributed by atoms with E-state index in [1.165, 1.54) is 18.2 Å². The van der Waals surface area contributed by atoms with Gasteiger partial charge in [-0.1, -0.05) is 13.0 Å². The molecule has 280 valence electrons. The summed E-state index contributed by atoms with van der Waals surface area (Å²) in [7, 11) is -1.80. The van der Waals surface area contributed by atoms with Crippen molar-refractivity contribution in [2.75, 3.05) is 51.2 Å². The van der Waals surface area contributed by atoms with Crippen molar-refractivity contribution in [2.45, 2.75) is 89.9 Å². The van der Waals surface area contributed by atoms with Crippen LogP contribution in [0.25, 0.3) is 21.1 Å². The average Bonchev–Trinajstić information content (AvgIpc) is 3.90. The van der Waals surface area contributed by atoms with Crippen molar-refractivity contribution >= 4 is 48.3 Å². The number of nitriles is 1. The van der Waals surface area contributed by atoms with E-state index in [-0.39, 0.29) is 21.6 Å². The van der Waals surface area contributed by atoms with E-state index in [1.54, 1.807) is 6.07 Å². The van der Waals surface area contributed by atoms with Gasteiger partial charge in [0.25, 0.3) is 0 Å². The Morgan fingerprint density at radius 1 is 1.10 bits per heavy atom. The minimum atomic E-state index is -4.27. The lowest BCUT2D eigenvalue weighted by Gasteiger charge is -2.36. The predicted molar refractivity (Wildman–Crippen MR) is 199 cm³/mol. The fraction of sp³-hybridized carbons (Fsp3) is 0.595. The van der Waals surface area contributed by atoms with Gasteiger partial charge in [-0.3, -0.25) is 9.80 Å². The first kappa shape index (κ1) is 37.0. The molecule has 2 atom stereocenters. The molecule has 3 saturated heterocycles. The van der Waals surface area contributed by atoms with Gasteiger partial charge in [0.15, 0.2) is 0 Å². The monoisotopic (exact) mass is 756 g/mol. The van der Waals surface area contributed by atoms with E-state index in [1.807, 2.05) is 13.0 Å². The van der Waals surface area contributed by atoms with Crippen LogP contribution in [0.2, 0.25) is 0 Å². The van der Waals surface area contributed by atoms with Gasteiger partial charge in [-0.2, -0.15) is 18.4 Å². The predicted octanol–water partition coefficient (Wildman–Crippen LogP) is 6.00. The zero-order valence-corrected chi connectivity index (χ0v) is 31.9. The first-order valence-electron chi connectivity index (χ1n) is 18.2. The molecule has 52 heavy (non-hydrogen) atoms. The highest BCUT2D eigenvalue weighted by Crippen LogP contribution is 2.44. The number of hydrogen-bond acceptors (Lipinski definition) is 9. The Morgan fingerprint density at radius 2 is 1.85 bits per heavy atom. The van der Waals surface area contributed by atoms with Gasteiger partial charge in [0, 0.05) is 66.4 Å². The van der Waals surface area contributed by atoms with E-state index in [2.05, 4.69) is 61.0 Å². The van der Waals surface area contributed by atoms with E-state index in [0.717, 1.165) is 79.0 Å². The number of nitrogens with one attached hydrogen (secondary N) is 1. The number of benzene rings is 1. The summed E-state index contributed by atoms with van der Waals surface area (Å²) in [6.45, 7) is 12.6. The highest BCUT2D eigenvalue weighted by molar-refractivity contribution is 7.90. The summed E-state index contributed by atoms with van der Waals surface area (Å²) in [6.07, 6.45) is -1.36. The molecule has 1 N–H and O–H groups in total. The van der Waals surface area contributed by atoms with Crippen molar-refractivity contribution in [3.05, 3.63) is 51.8 Å². The van der Waals surface area contributed by atoms with Crippen LogP contribution >= 0.6 is 11.3 Å². The number of piperidine rings is 1. The molecule has 15 heteroatoms. The molecule has 3 aliphatic rings. The molecule has 0 radical (unpaired) electrons. The van der Waals surface area contributed by atoms with Crippen molar-refractivity contribution < 1.29 is 21.6 Å². The van der Waals surface area contributed by atoms with Gasteiger partial charge >= 0.3 is 6.18 Å². The minimum absolute atomic E-state index is 0.0889. The summed E-state index contributed by atoms with van der Waals surface area (Å²) in [5, 5.41) is 11.6. The molecule has 4 aromatic rings. The standard InChI is InChI=1S/C37H47F3N8O2S2/c1-5-33-43-34(31-17-28(18-37(38,39)40)51-35(31)44-33)47-15-11-36(23-47)10-14-45(22-36)21-26-6-7-32-30(25(26)3)16-27(19-41)48(32)20-24(2)46-12-8-29(9-13-46)52(49,50)42-4/h6-7,16-17,24,29,42H,5,8-15,18,20-23H2,1-4H3/t24-,36?/m0/s1. The Bertz CT molecular complexity index is 2120. The summed E-state index contributed by atoms with van der Waals surface area (Å²) < 4.78 is 68.9. The zero-order valence-electron chi connectivity index (χ0n) is 30.3. The third kappa shape index (κ3) is 7.29. The molecule has 3 fully saturated rings. The lowest BCUT2D eigenvalue weighted by atomic mass is 9.86. The Balaban J connectivity index is 1.03. The highest BCUT2D eigenvalue weighted by Gasteiger charge is 2.44. The maximum absolute atomic E-state index is 13.2. The number of nitrogens with zero attached hydrogens (tertiary/aromatic N) is 7. The van der Waals surface area contributed by atoms with Crippen molar-refractivity contribution in [1.82, 2.24) is 29.1 Å². The molecule has 0 bridgehead atoms. The van der Waals surface area contributed by atoms with E-state index < -0.39 is 22.6 Å². The highest BCUT2D eigenvalue weighted by atomic mass is 32.2. The van der Waals surface area contributed by atoms with E-state index in [4.69, 9.17) is 4.98 Å². The van der Waals surface area contributed by atoms with Crippen LogP contribution in [0.3, 0.4) is 0 Å². The molecule has 1 unspecified atom stereocenters. The number of fused-ring (bicyclic) bond motifs is 2. The molecule has 3 aliphatic heterocycles. The number of aromatic nitrogens is 3. The first-order valence-corrected chi connectivity index (χ1v) is 20.6. The number of alkyl halides is 3. The second kappa shape index (κ2) is 14.2. The van der Waals surface area contributed by atoms with Gasteiger partial charge in [-0.05, 0) is 95.5 Å². The topological polar surface area (TPSA) is 110 Å². The van der Waals surface area contributed by atoms with Crippen LogP contribution in [0.5, 0.6) is 0 Å². The molecular weight excluding hydrogens is 710 g/mol. The van der Waals surface area contributed by atoms with Crippen LogP contribution in [-0.4, -0.2) is 96.5 Å². The number of halogens is 3. The van der Waals surface area contributed by atoms with Gasteiger partial charge in [0.05, 0.1) is 17.1 Å². The lowest BCUT2D eigenvalue weighted by molar-refractivity contribution is -0.126. The molecule has 6 heterocycles. The molecule has 0 saturated carbocycles. The molecule has 1 spiro atoms. The number of likely N-dealkylation sites (tertiary alicyclic amines) is 2. The molecule has 7 rings (SSSR count). The van der Waals surface area contributed by atoms with Gasteiger partial charge in [0.2, 0.25) is 10.0 Å². The first-order chi connectivity index (χ1) is 24.7. The van der Waals surface area contributed by atoms with E-state index >= 15 is 0 Å².